The van der Waals surface area contributed by atoms with Crippen LogP contribution >= 0.6 is 0 Å². The fraction of sp³-hybridized carbons (Fsp3) is 0.0909. The van der Waals surface area contributed by atoms with E-state index in [1.54, 1.807) is 42.9 Å². The van der Waals surface area contributed by atoms with Crippen LogP contribution in [0.5, 0.6) is 5.75 Å². The van der Waals surface area contributed by atoms with Crippen LogP contribution in [0.3, 0.4) is 0 Å². The zero-order valence-corrected chi connectivity index (χ0v) is 14.8. The fourth-order valence-corrected chi connectivity index (χ4v) is 3.01. The molecule has 0 saturated heterocycles. The van der Waals surface area contributed by atoms with Crippen molar-refractivity contribution >= 4 is 17.1 Å². The van der Waals surface area contributed by atoms with E-state index in [0.717, 1.165) is 22.4 Å². The van der Waals surface area contributed by atoms with Gasteiger partial charge in [-0.1, -0.05) is 12.1 Å². The standard InChI is InChI=1S/C22H15N3O3/c23-12-17-11-16(4-5-20(17)27-13-18-3-1-2-8-25-18)19-14-28-22(26)21(19)15-6-9-24-10-7-15/h1-11H,13-14H2. The predicted octanol–water partition coefficient (Wildman–Crippen LogP) is 3.39. The lowest BCUT2D eigenvalue weighted by molar-refractivity contribution is -0.133. The minimum absolute atomic E-state index is 0.162. The summed E-state index contributed by atoms with van der Waals surface area (Å²) in [6.07, 6.45) is 4.94. The lowest BCUT2D eigenvalue weighted by Crippen LogP contribution is -2.00. The van der Waals surface area contributed by atoms with Gasteiger partial charge in [-0.05, 0) is 47.5 Å². The quantitative estimate of drug-likeness (QED) is 0.641. The molecule has 0 N–H and O–H groups in total. The van der Waals surface area contributed by atoms with Crippen molar-refractivity contribution in [2.24, 2.45) is 0 Å². The molecule has 0 radical (unpaired) electrons. The van der Waals surface area contributed by atoms with Gasteiger partial charge in [0.2, 0.25) is 0 Å². The molecule has 3 aromatic rings. The van der Waals surface area contributed by atoms with E-state index in [4.69, 9.17) is 9.47 Å². The van der Waals surface area contributed by atoms with Gasteiger partial charge in [0, 0.05) is 24.2 Å². The van der Waals surface area contributed by atoms with Crippen LogP contribution < -0.4 is 4.74 Å². The van der Waals surface area contributed by atoms with Gasteiger partial charge >= 0.3 is 5.97 Å². The van der Waals surface area contributed by atoms with Gasteiger partial charge in [0.1, 0.15) is 25.0 Å². The predicted molar refractivity (Wildman–Crippen MR) is 102 cm³/mol. The normalized spacial score (nSPS) is 13.2. The molecule has 0 spiro atoms. The van der Waals surface area contributed by atoms with E-state index in [2.05, 4.69) is 16.0 Å². The van der Waals surface area contributed by atoms with Crippen LogP contribution in [0.15, 0.2) is 67.1 Å². The number of hydrogen-bond acceptors (Lipinski definition) is 6. The molecule has 0 unspecified atom stereocenters. The van der Waals surface area contributed by atoms with Crippen LogP contribution in [0.4, 0.5) is 0 Å². The fourth-order valence-electron chi connectivity index (χ4n) is 3.01. The Kier molecular flexibility index (Phi) is 4.81. The Morgan fingerprint density at radius 3 is 2.68 bits per heavy atom. The summed E-state index contributed by atoms with van der Waals surface area (Å²) in [7, 11) is 0. The minimum atomic E-state index is -0.379. The summed E-state index contributed by atoms with van der Waals surface area (Å²) in [5.74, 6) is 0.0865. The molecule has 1 aliphatic heterocycles. The third kappa shape index (κ3) is 3.46. The van der Waals surface area contributed by atoms with Crippen LogP contribution in [0.25, 0.3) is 11.1 Å². The molecule has 1 aliphatic rings. The zero-order valence-electron chi connectivity index (χ0n) is 14.8. The third-order valence-electron chi connectivity index (χ3n) is 4.37. The smallest absolute Gasteiger partial charge is 0.339 e. The Hall–Kier alpha value is -3.98. The second-order valence-corrected chi connectivity index (χ2v) is 6.10. The van der Waals surface area contributed by atoms with Gasteiger partial charge in [-0.2, -0.15) is 5.26 Å². The Morgan fingerprint density at radius 2 is 1.93 bits per heavy atom. The summed E-state index contributed by atoms with van der Waals surface area (Å²) in [4.78, 5) is 20.4. The number of rotatable bonds is 5. The first-order valence-electron chi connectivity index (χ1n) is 8.64. The molecule has 28 heavy (non-hydrogen) atoms. The second kappa shape index (κ2) is 7.72. The van der Waals surface area contributed by atoms with Crippen molar-refractivity contribution in [3.8, 4) is 11.8 Å². The summed E-state index contributed by atoms with van der Waals surface area (Å²) in [6, 6.07) is 16.5. The zero-order chi connectivity index (χ0) is 19.3. The van der Waals surface area contributed by atoms with Gasteiger partial charge in [-0.3, -0.25) is 9.97 Å². The second-order valence-electron chi connectivity index (χ2n) is 6.10. The number of pyridine rings is 2. The molecule has 0 amide bonds. The lowest BCUT2D eigenvalue weighted by Gasteiger charge is -2.10. The maximum Gasteiger partial charge on any atom is 0.339 e. The molecule has 2 aromatic heterocycles. The van der Waals surface area contributed by atoms with Crippen molar-refractivity contribution in [3.05, 3.63) is 89.5 Å². The van der Waals surface area contributed by atoms with E-state index in [9.17, 15) is 10.1 Å². The first-order valence-corrected chi connectivity index (χ1v) is 8.64. The highest BCUT2D eigenvalue weighted by Crippen LogP contribution is 2.34. The number of nitrogens with zero attached hydrogens (tertiary/aromatic N) is 3. The average Bonchev–Trinajstić information content (AvgIpc) is 3.15. The number of carbonyl (C=O) groups is 1. The third-order valence-corrected chi connectivity index (χ3v) is 4.37. The Labute approximate surface area is 161 Å². The molecule has 0 saturated carbocycles. The number of benzene rings is 1. The highest BCUT2D eigenvalue weighted by molar-refractivity contribution is 6.27. The largest absolute Gasteiger partial charge is 0.486 e. The highest BCUT2D eigenvalue weighted by atomic mass is 16.5. The van der Waals surface area contributed by atoms with Crippen LogP contribution in [-0.2, 0) is 16.1 Å². The van der Waals surface area contributed by atoms with Crippen LogP contribution in [0, 0.1) is 11.3 Å². The number of nitriles is 1. The summed E-state index contributed by atoms with van der Waals surface area (Å²) < 4.78 is 11.0. The average molecular weight is 369 g/mol. The first kappa shape index (κ1) is 17.4. The van der Waals surface area contributed by atoms with E-state index in [1.165, 1.54) is 0 Å². The van der Waals surface area contributed by atoms with Gasteiger partial charge in [0.25, 0.3) is 0 Å². The number of carbonyl (C=O) groups excluding carboxylic acids is 1. The summed E-state index contributed by atoms with van der Waals surface area (Å²) in [6.45, 7) is 0.428. The molecular weight excluding hydrogens is 354 g/mol. The molecule has 3 heterocycles. The van der Waals surface area contributed by atoms with Crippen LogP contribution in [-0.4, -0.2) is 22.5 Å². The van der Waals surface area contributed by atoms with E-state index >= 15 is 0 Å². The van der Waals surface area contributed by atoms with Crippen molar-refractivity contribution in [2.45, 2.75) is 6.61 Å². The molecule has 4 rings (SSSR count). The Morgan fingerprint density at radius 1 is 1.07 bits per heavy atom. The van der Waals surface area contributed by atoms with Gasteiger partial charge < -0.3 is 9.47 Å². The number of cyclic esters (lactones) is 1. The van der Waals surface area contributed by atoms with Crippen molar-refractivity contribution in [3.63, 3.8) is 0 Å². The number of hydrogen-bond donors (Lipinski definition) is 0. The molecule has 1 aromatic carbocycles. The topological polar surface area (TPSA) is 85.1 Å². The number of esters is 1. The molecule has 0 aliphatic carbocycles. The van der Waals surface area contributed by atoms with Gasteiger partial charge in [-0.25, -0.2) is 4.79 Å². The first-order chi connectivity index (χ1) is 13.8. The minimum Gasteiger partial charge on any atom is -0.486 e. The molecule has 6 nitrogen and oxygen atoms in total. The summed E-state index contributed by atoms with van der Waals surface area (Å²) in [5.41, 5.74) is 3.88. The SMILES string of the molecule is N#Cc1cc(C2=C(c3ccncc3)C(=O)OC2)ccc1OCc1ccccn1. The molecule has 0 bridgehead atoms. The molecule has 0 fully saturated rings. The highest BCUT2D eigenvalue weighted by Gasteiger charge is 2.27. The van der Waals surface area contributed by atoms with Crippen molar-refractivity contribution < 1.29 is 14.3 Å². The maximum absolute atomic E-state index is 12.2. The molecule has 6 heteroatoms. The van der Waals surface area contributed by atoms with Crippen LogP contribution in [0.1, 0.15) is 22.4 Å². The molecule has 0 atom stereocenters. The van der Waals surface area contributed by atoms with E-state index in [-0.39, 0.29) is 19.2 Å². The van der Waals surface area contributed by atoms with Gasteiger partial charge in [0.05, 0.1) is 16.8 Å². The van der Waals surface area contributed by atoms with E-state index < -0.39 is 0 Å². The van der Waals surface area contributed by atoms with Crippen molar-refractivity contribution in [2.75, 3.05) is 6.61 Å². The number of aromatic nitrogens is 2. The molecule has 136 valence electrons. The Bertz CT molecular complexity index is 1090. The summed E-state index contributed by atoms with van der Waals surface area (Å²) >= 11 is 0. The monoisotopic (exact) mass is 369 g/mol. The summed E-state index contributed by atoms with van der Waals surface area (Å²) in [5, 5.41) is 9.55. The lowest BCUT2D eigenvalue weighted by atomic mass is 9.96. The van der Waals surface area contributed by atoms with Crippen molar-refractivity contribution in [1.82, 2.24) is 9.97 Å². The van der Waals surface area contributed by atoms with E-state index in [1.807, 2.05) is 24.3 Å². The van der Waals surface area contributed by atoms with Crippen molar-refractivity contribution in [1.29, 1.82) is 5.26 Å². The number of ether oxygens (including phenoxy) is 2. The van der Waals surface area contributed by atoms with Gasteiger partial charge in [0.15, 0.2) is 0 Å². The van der Waals surface area contributed by atoms with Crippen LogP contribution in [0.2, 0.25) is 0 Å². The molecular formula is C22H15N3O3. The Balaban J connectivity index is 1.66. The maximum atomic E-state index is 12.2. The van der Waals surface area contributed by atoms with Gasteiger partial charge in [-0.15, -0.1) is 0 Å². The van der Waals surface area contributed by atoms with E-state index in [0.29, 0.717) is 16.9 Å².